The largest absolute Gasteiger partial charge is 0.416 e. The first-order chi connectivity index (χ1) is 10.4. The first kappa shape index (κ1) is 14.6. The lowest BCUT2D eigenvalue weighted by atomic mass is 10.1. The Morgan fingerprint density at radius 1 is 1.09 bits per heavy atom. The molecule has 0 spiro atoms. The van der Waals surface area contributed by atoms with Gasteiger partial charge < -0.3 is 10.1 Å². The van der Waals surface area contributed by atoms with Crippen molar-refractivity contribution in [3.63, 3.8) is 0 Å². The fourth-order valence-electron chi connectivity index (χ4n) is 2.35. The summed E-state index contributed by atoms with van der Waals surface area (Å²) in [6, 6.07) is 10.2. The summed E-state index contributed by atoms with van der Waals surface area (Å²) in [5.74, 6) is 0.469. The number of hydrogen-bond acceptors (Lipinski definition) is 2. The number of rotatable bonds is 2. The number of para-hydroxylation sites is 1. The van der Waals surface area contributed by atoms with Crippen LogP contribution in [0.25, 0.3) is 22.4 Å². The quantitative estimate of drug-likeness (QED) is 0.741. The van der Waals surface area contributed by atoms with Crippen molar-refractivity contribution in [3.05, 3.63) is 53.6 Å². The maximum Gasteiger partial charge on any atom is 0.416 e. The average molecular weight is 306 g/mol. The number of benzene rings is 2. The Bertz CT molecular complexity index is 804. The zero-order chi connectivity index (χ0) is 15.9. The van der Waals surface area contributed by atoms with E-state index >= 15 is 0 Å². The summed E-state index contributed by atoms with van der Waals surface area (Å²) in [6.07, 6.45) is -5.03. The fraction of sp³-hybridized carbons (Fsp3) is 0.188. The summed E-state index contributed by atoms with van der Waals surface area (Å²) in [5.41, 5.74) is 1.88. The van der Waals surface area contributed by atoms with E-state index in [0.717, 1.165) is 17.6 Å². The van der Waals surface area contributed by atoms with Gasteiger partial charge in [-0.15, -0.1) is 0 Å². The van der Waals surface area contributed by atoms with Crippen molar-refractivity contribution in [2.24, 2.45) is 0 Å². The van der Waals surface area contributed by atoms with Crippen LogP contribution in [0.1, 0.15) is 24.2 Å². The molecular formula is C16H13F3N2O. The Balaban J connectivity index is 2.05. The molecule has 3 rings (SSSR count). The van der Waals surface area contributed by atoms with E-state index in [4.69, 9.17) is 0 Å². The van der Waals surface area contributed by atoms with Gasteiger partial charge in [-0.25, -0.2) is 4.98 Å². The molecule has 0 aliphatic rings. The third kappa shape index (κ3) is 2.57. The molecule has 2 N–H and O–H groups in total. The van der Waals surface area contributed by atoms with Crippen molar-refractivity contribution in [1.82, 2.24) is 9.97 Å². The topological polar surface area (TPSA) is 48.9 Å². The molecule has 1 unspecified atom stereocenters. The molecule has 114 valence electrons. The first-order valence-corrected chi connectivity index (χ1v) is 6.70. The van der Waals surface area contributed by atoms with Crippen LogP contribution < -0.4 is 0 Å². The molecule has 0 aliphatic heterocycles. The van der Waals surface area contributed by atoms with Crippen LogP contribution in [0.5, 0.6) is 0 Å². The van der Waals surface area contributed by atoms with Crippen LogP contribution in [0.4, 0.5) is 13.2 Å². The molecule has 0 radical (unpaired) electrons. The highest BCUT2D eigenvalue weighted by Crippen LogP contribution is 2.31. The lowest BCUT2D eigenvalue weighted by Gasteiger charge is -2.06. The molecule has 0 aliphatic carbocycles. The summed E-state index contributed by atoms with van der Waals surface area (Å²) in [4.78, 5) is 7.46. The average Bonchev–Trinajstić information content (AvgIpc) is 2.90. The molecular weight excluding hydrogens is 293 g/mol. The smallest absolute Gasteiger partial charge is 0.389 e. The van der Waals surface area contributed by atoms with Crippen molar-refractivity contribution in [2.75, 3.05) is 0 Å². The number of fused-ring (bicyclic) bond motifs is 1. The third-order valence-electron chi connectivity index (χ3n) is 3.48. The van der Waals surface area contributed by atoms with E-state index in [1.165, 1.54) is 12.1 Å². The third-order valence-corrected chi connectivity index (χ3v) is 3.48. The number of nitrogens with one attached hydrogen (secondary N) is 1. The fourth-order valence-corrected chi connectivity index (χ4v) is 2.35. The molecule has 1 heterocycles. The van der Waals surface area contributed by atoms with Crippen LogP contribution in [0, 0.1) is 0 Å². The monoisotopic (exact) mass is 306 g/mol. The molecule has 0 saturated carbocycles. The highest BCUT2D eigenvalue weighted by Gasteiger charge is 2.30. The summed E-state index contributed by atoms with van der Waals surface area (Å²) in [6.45, 7) is 1.64. The number of H-pyrrole nitrogens is 1. The predicted molar refractivity (Wildman–Crippen MR) is 77.2 cm³/mol. The molecule has 0 bridgehead atoms. The summed E-state index contributed by atoms with van der Waals surface area (Å²) in [7, 11) is 0. The molecule has 1 aromatic heterocycles. The number of aliphatic hydroxyl groups excluding tert-OH is 1. The summed E-state index contributed by atoms with van der Waals surface area (Å²) < 4.78 is 37.7. The molecule has 3 nitrogen and oxygen atoms in total. The van der Waals surface area contributed by atoms with Gasteiger partial charge in [0.25, 0.3) is 0 Å². The minimum atomic E-state index is -4.36. The van der Waals surface area contributed by atoms with Gasteiger partial charge in [-0.1, -0.05) is 24.3 Å². The number of hydrogen-bond donors (Lipinski definition) is 2. The lowest BCUT2D eigenvalue weighted by molar-refractivity contribution is -0.137. The van der Waals surface area contributed by atoms with Crippen LogP contribution >= 0.6 is 0 Å². The van der Waals surface area contributed by atoms with E-state index in [2.05, 4.69) is 9.97 Å². The highest BCUT2D eigenvalue weighted by atomic mass is 19.4. The number of aliphatic hydroxyl groups is 1. The molecule has 0 amide bonds. The standard InChI is InChI=1S/C16H13F3N2O/c1-9(22)12-3-2-4-13-14(12)21-15(20-13)10-5-7-11(8-6-10)16(17,18)19/h2-9,22H,1H3,(H,20,21). The van der Waals surface area contributed by atoms with E-state index in [1.54, 1.807) is 19.1 Å². The molecule has 1 atom stereocenters. The van der Waals surface area contributed by atoms with Crippen molar-refractivity contribution in [3.8, 4) is 11.4 Å². The molecule has 0 saturated heterocycles. The molecule has 22 heavy (non-hydrogen) atoms. The Kier molecular flexibility index (Phi) is 3.41. The summed E-state index contributed by atoms with van der Waals surface area (Å²) in [5, 5.41) is 9.75. The van der Waals surface area contributed by atoms with Crippen molar-refractivity contribution in [2.45, 2.75) is 19.2 Å². The van der Waals surface area contributed by atoms with Crippen LogP contribution in [-0.2, 0) is 6.18 Å². The molecule has 0 fully saturated rings. The van der Waals surface area contributed by atoms with E-state index in [-0.39, 0.29) is 0 Å². The molecule has 2 aromatic carbocycles. The second-order valence-corrected chi connectivity index (χ2v) is 5.08. The van der Waals surface area contributed by atoms with Gasteiger partial charge in [0.2, 0.25) is 0 Å². The van der Waals surface area contributed by atoms with Gasteiger partial charge in [-0.05, 0) is 25.1 Å². The van der Waals surface area contributed by atoms with E-state index < -0.39 is 17.8 Å². The van der Waals surface area contributed by atoms with Crippen LogP contribution in [0.2, 0.25) is 0 Å². The minimum Gasteiger partial charge on any atom is -0.389 e. The second kappa shape index (κ2) is 5.14. The maximum atomic E-state index is 12.6. The van der Waals surface area contributed by atoms with E-state index in [1.807, 2.05) is 6.07 Å². The van der Waals surface area contributed by atoms with Gasteiger partial charge in [0, 0.05) is 11.1 Å². The van der Waals surface area contributed by atoms with Gasteiger partial charge >= 0.3 is 6.18 Å². The van der Waals surface area contributed by atoms with Crippen LogP contribution in [0.3, 0.4) is 0 Å². The Morgan fingerprint density at radius 3 is 2.36 bits per heavy atom. The van der Waals surface area contributed by atoms with Gasteiger partial charge in [0.1, 0.15) is 5.82 Å². The Morgan fingerprint density at radius 2 is 1.77 bits per heavy atom. The van der Waals surface area contributed by atoms with Crippen LogP contribution in [0.15, 0.2) is 42.5 Å². The number of aromatic amines is 1. The lowest BCUT2D eigenvalue weighted by Crippen LogP contribution is -2.04. The van der Waals surface area contributed by atoms with E-state index in [9.17, 15) is 18.3 Å². The number of imidazole rings is 1. The number of alkyl halides is 3. The number of halogens is 3. The normalized spacial score (nSPS) is 13.5. The minimum absolute atomic E-state index is 0.469. The molecule has 6 heteroatoms. The zero-order valence-electron chi connectivity index (χ0n) is 11.6. The van der Waals surface area contributed by atoms with Crippen molar-refractivity contribution >= 4 is 11.0 Å². The SMILES string of the molecule is CC(O)c1cccc2[nH]c(-c3ccc(C(F)(F)F)cc3)nc12. The van der Waals surface area contributed by atoms with Gasteiger partial charge in [0.15, 0.2) is 0 Å². The van der Waals surface area contributed by atoms with E-state index in [0.29, 0.717) is 22.5 Å². The molecule has 3 aromatic rings. The zero-order valence-corrected chi connectivity index (χ0v) is 11.6. The Hall–Kier alpha value is -2.34. The highest BCUT2D eigenvalue weighted by molar-refractivity contribution is 5.82. The first-order valence-electron chi connectivity index (χ1n) is 6.70. The second-order valence-electron chi connectivity index (χ2n) is 5.08. The Labute approximate surface area is 124 Å². The maximum absolute atomic E-state index is 12.6. The van der Waals surface area contributed by atoms with Gasteiger partial charge in [-0.3, -0.25) is 0 Å². The van der Waals surface area contributed by atoms with Crippen LogP contribution in [-0.4, -0.2) is 15.1 Å². The van der Waals surface area contributed by atoms with Crippen molar-refractivity contribution in [1.29, 1.82) is 0 Å². The summed E-state index contributed by atoms with van der Waals surface area (Å²) >= 11 is 0. The van der Waals surface area contributed by atoms with Gasteiger partial charge in [-0.2, -0.15) is 13.2 Å². The predicted octanol–water partition coefficient (Wildman–Crippen LogP) is 4.30. The number of nitrogens with zero attached hydrogens (tertiary/aromatic N) is 1. The number of aromatic nitrogens is 2. The van der Waals surface area contributed by atoms with Gasteiger partial charge in [0.05, 0.1) is 22.7 Å². The van der Waals surface area contributed by atoms with Crippen molar-refractivity contribution < 1.29 is 18.3 Å².